The number of aryl methyl sites for hydroxylation is 1. The second kappa shape index (κ2) is 8.87. The average Bonchev–Trinajstić information content (AvgIpc) is 3.53. The third-order valence-electron chi connectivity index (χ3n) is 5.63. The van der Waals surface area contributed by atoms with Gasteiger partial charge in [-0.2, -0.15) is 5.10 Å². The smallest absolute Gasteiger partial charge is 0.203 e. The van der Waals surface area contributed by atoms with E-state index in [1.54, 1.807) is 27.6 Å². The molecule has 172 valence electrons. The molecule has 0 atom stereocenters. The first kappa shape index (κ1) is 22.0. The van der Waals surface area contributed by atoms with Crippen LogP contribution in [0, 0.1) is 6.92 Å². The number of furan rings is 1. The molecule has 2 aromatic carbocycles. The van der Waals surface area contributed by atoms with Gasteiger partial charge in [-0.3, -0.25) is 0 Å². The van der Waals surface area contributed by atoms with Gasteiger partial charge >= 0.3 is 0 Å². The summed E-state index contributed by atoms with van der Waals surface area (Å²) in [5.41, 5.74) is 5.91. The van der Waals surface area contributed by atoms with Crippen LogP contribution in [0.15, 0.2) is 69.8 Å². The van der Waals surface area contributed by atoms with Crippen molar-refractivity contribution >= 4 is 21.6 Å². The summed E-state index contributed by atoms with van der Waals surface area (Å²) in [7, 11) is 4.80. The maximum absolute atomic E-state index is 5.64. The van der Waals surface area contributed by atoms with Crippen LogP contribution >= 0.6 is 15.9 Å². The fourth-order valence-electron chi connectivity index (χ4n) is 4.11. The summed E-state index contributed by atoms with van der Waals surface area (Å²) in [5, 5.41) is 4.87. The molecule has 3 heterocycles. The zero-order chi connectivity index (χ0) is 23.8. The van der Waals surface area contributed by atoms with Gasteiger partial charge in [0.1, 0.15) is 5.69 Å². The van der Waals surface area contributed by atoms with Crippen molar-refractivity contribution in [3.63, 3.8) is 0 Å². The first-order valence-electron chi connectivity index (χ1n) is 10.5. The lowest BCUT2D eigenvalue weighted by atomic mass is 9.97. The standard InChI is InChI=1S/C26H22BrN3O4/c1-15-24(16-7-9-18(27)10-8-16)25(17-12-21(31-2)26(33-4)22(13-17)32-3)30-23(28-15)14-19(29-30)20-6-5-11-34-20/h5-14H,1-4H3. The van der Waals surface area contributed by atoms with Crippen LogP contribution in [0.25, 0.3) is 39.5 Å². The van der Waals surface area contributed by atoms with E-state index in [0.717, 1.165) is 32.6 Å². The van der Waals surface area contributed by atoms with Crippen LogP contribution in [0.4, 0.5) is 0 Å². The van der Waals surface area contributed by atoms with E-state index in [1.807, 2.05) is 53.9 Å². The van der Waals surface area contributed by atoms with Crippen molar-refractivity contribution in [3.8, 4) is 51.1 Å². The quantitative estimate of drug-likeness (QED) is 0.257. The van der Waals surface area contributed by atoms with Crippen molar-refractivity contribution in [2.75, 3.05) is 21.3 Å². The van der Waals surface area contributed by atoms with Gasteiger partial charge in [0, 0.05) is 27.4 Å². The number of fused-ring (bicyclic) bond motifs is 1. The highest BCUT2D eigenvalue weighted by Gasteiger charge is 2.23. The number of hydrogen-bond acceptors (Lipinski definition) is 6. The number of hydrogen-bond donors (Lipinski definition) is 0. The van der Waals surface area contributed by atoms with Crippen molar-refractivity contribution in [2.45, 2.75) is 6.92 Å². The normalized spacial score (nSPS) is 11.1. The highest BCUT2D eigenvalue weighted by Crippen LogP contribution is 2.44. The monoisotopic (exact) mass is 519 g/mol. The summed E-state index contributed by atoms with van der Waals surface area (Å²) in [6.07, 6.45) is 1.63. The van der Waals surface area contributed by atoms with Gasteiger partial charge in [-0.15, -0.1) is 0 Å². The Balaban J connectivity index is 1.88. The van der Waals surface area contributed by atoms with Crippen LogP contribution in [-0.2, 0) is 0 Å². The van der Waals surface area contributed by atoms with Crippen LogP contribution in [0.1, 0.15) is 5.69 Å². The Bertz CT molecular complexity index is 1450. The number of nitrogens with zero attached hydrogens (tertiary/aromatic N) is 3. The molecular formula is C26H22BrN3O4. The minimum Gasteiger partial charge on any atom is -0.493 e. The third kappa shape index (κ3) is 3.70. The fraction of sp³-hybridized carbons (Fsp3) is 0.154. The predicted molar refractivity (Wildman–Crippen MR) is 134 cm³/mol. The number of halogens is 1. The molecule has 8 heteroatoms. The summed E-state index contributed by atoms with van der Waals surface area (Å²) in [6, 6.07) is 17.6. The number of methoxy groups -OCH3 is 3. The van der Waals surface area contributed by atoms with E-state index in [1.165, 1.54) is 0 Å². The Kier molecular flexibility index (Phi) is 5.75. The number of aromatic nitrogens is 3. The number of ether oxygens (including phenoxy) is 3. The molecule has 0 fully saturated rings. The van der Waals surface area contributed by atoms with Gasteiger partial charge in [0.2, 0.25) is 5.75 Å². The maximum Gasteiger partial charge on any atom is 0.203 e. The Morgan fingerprint density at radius 1 is 0.882 bits per heavy atom. The van der Waals surface area contributed by atoms with Crippen LogP contribution in [-0.4, -0.2) is 35.9 Å². The Labute approximate surface area is 205 Å². The second-order valence-electron chi connectivity index (χ2n) is 7.62. The second-order valence-corrected chi connectivity index (χ2v) is 8.53. The topological polar surface area (TPSA) is 71.0 Å². The van der Waals surface area contributed by atoms with Crippen LogP contribution in [0.3, 0.4) is 0 Å². The van der Waals surface area contributed by atoms with E-state index in [0.29, 0.717) is 34.3 Å². The van der Waals surface area contributed by atoms with Gasteiger partial charge in [-0.1, -0.05) is 28.1 Å². The van der Waals surface area contributed by atoms with Crippen molar-refractivity contribution in [1.82, 2.24) is 14.6 Å². The Morgan fingerprint density at radius 3 is 2.18 bits per heavy atom. The van der Waals surface area contributed by atoms with Crippen molar-refractivity contribution in [2.24, 2.45) is 0 Å². The Morgan fingerprint density at radius 2 is 1.59 bits per heavy atom. The van der Waals surface area contributed by atoms with Crippen molar-refractivity contribution < 1.29 is 18.6 Å². The molecule has 0 aliphatic carbocycles. The molecule has 7 nitrogen and oxygen atoms in total. The molecule has 0 aliphatic rings. The maximum atomic E-state index is 5.64. The molecule has 0 radical (unpaired) electrons. The van der Waals surface area contributed by atoms with Crippen molar-refractivity contribution in [1.29, 1.82) is 0 Å². The largest absolute Gasteiger partial charge is 0.493 e. The van der Waals surface area contributed by atoms with E-state index in [2.05, 4.69) is 28.1 Å². The average molecular weight is 520 g/mol. The van der Waals surface area contributed by atoms with Crippen molar-refractivity contribution in [3.05, 3.63) is 71.0 Å². The zero-order valence-corrected chi connectivity index (χ0v) is 20.7. The minimum atomic E-state index is 0.526. The first-order valence-corrected chi connectivity index (χ1v) is 11.3. The number of benzene rings is 2. The highest BCUT2D eigenvalue weighted by atomic mass is 79.9. The molecule has 0 amide bonds. The summed E-state index contributed by atoms with van der Waals surface area (Å²) < 4.78 is 25.2. The van der Waals surface area contributed by atoms with Crippen LogP contribution in [0.5, 0.6) is 17.2 Å². The molecule has 5 aromatic rings. The first-order chi connectivity index (χ1) is 16.5. The van der Waals surface area contributed by atoms with Gasteiger partial charge in [-0.25, -0.2) is 9.50 Å². The lowest BCUT2D eigenvalue weighted by molar-refractivity contribution is 0.324. The zero-order valence-electron chi connectivity index (χ0n) is 19.1. The molecule has 0 spiro atoms. The number of rotatable bonds is 6. The third-order valence-corrected chi connectivity index (χ3v) is 6.16. The predicted octanol–water partition coefficient (Wildman–Crippen LogP) is 6.42. The Hall–Kier alpha value is -3.78. The molecule has 5 rings (SSSR count). The SMILES string of the molecule is COc1cc(-c2c(-c3ccc(Br)cc3)c(C)nc3cc(-c4ccco4)nn23)cc(OC)c1OC. The highest BCUT2D eigenvalue weighted by molar-refractivity contribution is 9.10. The van der Waals surface area contributed by atoms with Crippen LogP contribution < -0.4 is 14.2 Å². The van der Waals surface area contributed by atoms with E-state index < -0.39 is 0 Å². The van der Waals surface area contributed by atoms with E-state index in [-0.39, 0.29) is 0 Å². The van der Waals surface area contributed by atoms with Gasteiger partial charge in [0.15, 0.2) is 22.9 Å². The lowest BCUT2D eigenvalue weighted by Crippen LogP contribution is -2.04. The fourth-order valence-corrected chi connectivity index (χ4v) is 4.38. The minimum absolute atomic E-state index is 0.526. The molecular weight excluding hydrogens is 498 g/mol. The summed E-state index contributed by atoms with van der Waals surface area (Å²) in [4.78, 5) is 4.87. The van der Waals surface area contributed by atoms with Crippen LogP contribution in [0.2, 0.25) is 0 Å². The van der Waals surface area contributed by atoms with Gasteiger partial charge in [0.25, 0.3) is 0 Å². The lowest BCUT2D eigenvalue weighted by Gasteiger charge is -2.18. The van der Waals surface area contributed by atoms with E-state index in [9.17, 15) is 0 Å². The van der Waals surface area contributed by atoms with Gasteiger partial charge in [-0.05, 0) is 48.9 Å². The molecule has 0 saturated heterocycles. The molecule has 0 aliphatic heterocycles. The van der Waals surface area contributed by atoms with Gasteiger partial charge in [0.05, 0.1) is 33.3 Å². The summed E-state index contributed by atoms with van der Waals surface area (Å²) in [6.45, 7) is 2.00. The molecule has 34 heavy (non-hydrogen) atoms. The summed E-state index contributed by atoms with van der Waals surface area (Å²) >= 11 is 3.53. The molecule has 0 N–H and O–H groups in total. The van der Waals surface area contributed by atoms with Gasteiger partial charge < -0.3 is 18.6 Å². The molecule has 0 bridgehead atoms. The molecule has 3 aromatic heterocycles. The molecule has 0 unspecified atom stereocenters. The van der Waals surface area contributed by atoms with E-state index >= 15 is 0 Å². The molecule has 0 saturated carbocycles. The van der Waals surface area contributed by atoms with E-state index in [4.69, 9.17) is 28.7 Å². The summed E-state index contributed by atoms with van der Waals surface area (Å²) in [5.74, 6) is 2.31.